The molecule has 0 nitrogen and oxygen atoms in total. The molecule has 0 saturated heterocycles. The molecule has 2 radical (unpaired) electrons. The van der Waals surface area contributed by atoms with E-state index >= 15 is 0 Å². The lowest BCUT2D eigenvalue weighted by Crippen LogP contribution is -1.85. The van der Waals surface area contributed by atoms with Gasteiger partial charge >= 0.3 is 0 Å². The van der Waals surface area contributed by atoms with Crippen molar-refractivity contribution in [2.24, 2.45) is 0 Å². The fraction of sp³-hybridized carbons (Fsp3) is 0.0667. The summed E-state index contributed by atoms with van der Waals surface area (Å²) in [6.45, 7) is 10.1. The molecule has 0 amide bonds. The summed E-state index contributed by atoms with van der Waals surface area (Å²) in [5.41, 5.74) is 3.73. The molecule has 0 spiro atoms. The molecule has 15 heavy (non-hydrogen) atoms. The summed E-state index contributed by atoms with van der Waals surface area (Å²) >= 11 is 0. The third kappa shape index (κ3) is 2.16. The van der Waals surface area contributed by atoms with Crippen molar-refractivity contribution in [2.75, 3.05) is 0 Å². The molecule has 0 fully saturated rings. The van der Waals surface area contributed by atoms with Gasteiger partial charge in [0, 0.05) is 0 Å². The topological polar surface area (TPSA) is 0 Å². The Hall–Kier alpha value is -1.82. The molecule has 0 unspecified atom stereocenters. The minimum atomic E-state index is 0.579. The van der Waals surface area contributed by atoms with Crippen molar-refractivity contribution < 1.29 is 0 Å². The second-order valence-electron chi connectivity index (χ2n) is 3.61. The lowest BCUT2D eigenvalue weighted by Gasteiger charge is -2.05. The van der Waals surface area contributed by atoms with Crippen LogP contribution in [0.4, 0.5) is 0 Å². The van der Waals surface area contributed by atoms with E-state index in [0.29, 0.717) is 5.57 Å². The van der Waals surface area contributed by atoms with Crippen molar-refractivity contribution in [3.05, 3.63) is 77.9 Å². The Morgan fingerprint density at radius 3 is 1.93 bits per heavy atom. The maximum Gasteiger partial charge on any atom is -0.0000936 e. The van der Waals surface area contributed by atoms with Gasteiger partial charge in [0.15, 0.2) is 0 Å². The summed E-state index contributed by atoms with van der Waals surface area (Å²) in [6, 6.07) is 17.8. The monoisotopic (exact) mass is 192 g/mol. The summed E-state index contributed by atoms with van der Waals surface area (Å²) < 4.78 is 0. The van der Waals surface area contributed by atoms with Gasteiger partial charge in [-0.15, -0.1) is 0 Å². The first-order chi connectivity index (χ1) is 7.27. The lowest BCUT2D eigenvalue weighted by molar-refractivity contribution is 1.45. The molecule has 2 aromatic carbocycles. The first kappa shape index (κ1) is 9.72. The van der Waals surface area contributed by atoms with E-state index in [1.54, 1.807) is 0 Å². The highest BCUT2D eigenvalue weighted by Gasteiger charge is 2.00. The van der Waals surface area contributed by atoms with Crippen molar-refractivity contribution in [1.82, 2.24) is 0 Å². The van der Waals surface area contributed by atoms with Crippen LogP contribution in [0.25, 0.3) is 5.57 Å². The third-order valence-electron chi connectivity index (χ3n) is 2.40. The molecule has 0 atom stereocenters. The summed E-state index contributed by atoms with van der Waals surface area (Å²) in [4.78, 5) is 0. The molecule has 0 heterocycles. The van der Waals surface area contributed by atoms with Crippen LogP contribution in [-0.4, -0.2) is 0 Å². The van der Waals surface area contributed by atoms with Crippen molar-refractivity contribution in [2.45, 2.75) is 6.92 Å². The molecule has 0 aliphatic carbocycles. The van der Waals surface area contributed by atoms with Crippen LogP contribution in [0.5, 0.6) is 0 Å². The molecule has 0 heteroatoms. The van der Waals surface area contributed by atoms with E-state index in [4.69, 9.17) is 6.58 Å². The Labute approximate surface area is 90.9 Å². The average Bonchev–Trinajstić information content (AvgIpc) is 2.30. The van der Waals surface area contributed by atoms with Crippen LogP contribution >= 0.6 is 0 Å². The Balaban J connectivity index is 2.33. The van der Waals surface area contributed by atoms with E-state index in [2.05, 4.69) is 6.92 Å². The summed E-state index contributed by atoms with van der Waals surface area (Å²) in [5, 5.41) is 0. The third-order valence-corrected chi connectivity index (χ3v) is 2.40. The van der Waals surface area contributed by atoms with E-state index in [9.17, 15) is 0 Å². The molecule has 0 aliphatic rings. The van der Waals surface area contributed by atoms with E-state index < -0.39 is 0 Å². The summed E-state index contributed by atoms with van der Waals surface area (Å²) in [5.74, 6) is 0. The second kappa shape index (κ2) is 4.14. The Morgan fingerprint density at radius 2 is 1.33 bits per heavy atom. The van der Waals surface area contributed by atoms with Gasteiger partial charge in [-0.1, -0.05) is 60.2 Å². The smallest absolute Gasteiger partial charge is 0.0000936 e. The molecule has 0 N–H and O–H groups in total. The van der Waals surface area contributed by atoms with Gasteiger partial charge in [-0.05, 0) is 30.2 Å². The first-order valence-corrected chi connectivity index (χ1v) is 4.98. The largest absolute Gasteiger partial charge is 0.0622 e. The van der Waals surface area contributed by atoms with Gasteiger partial charge in [0.25, 0.3) is 0 Å². The van der Waals surface area contributed by atoms with Crippen molar-refractivity contribution >= 4 is 5.57 Å². The molecule has 72 valence electrons. The Bertz CT molecular complexity index is 449. The number of rotatable bonds is 2. The van der Waals surface area contributed by atoms with Gasteiger partial charge in [-0.25, -0.2) is 0 Å². The van der Waals surface area contributed by atoms with Crippen molar-refractivity contribution in [1.29, 1.82) is 0 Å². The van der Waals surface area contributed by atoms with Gasteiger partial charge in [-0.3, -0.25) is 0 Å². The lowest BCUT2D eigenvalue weighted by atomic mass is 9.99. The fourth-order valence-corrected chi connectivity index (χ4v) is 1.49. The minimum absolute atomic E-state index is 0.579. The van der Waals surface area contributed by atoms with Crippen LogP contribution < -0.4 is 0 Å². The van der Waals surface area contributed by atoms with Crippen LogP contribution in [0.3, 0.4) is 0 Å². The maximum absolute atomic E-state index is 8.04. The van der Waals surface area contributed by atoms with E-state index in [0.717, 1.165) is 11.1 Å². The predicted molar refractivity (Wildman–Crippen MR) is 63.4 cm³/mol. The SMILES string of the molecule is [C]=C(c1ccccc1)c1ccc(C)cc1. The molecule has 2 aromatic rings. The number of hydrogen-bond donors (Lipinski definition) is 0. The zero-order valence-electron chi connectivity index (χ0n) is 8.70. The second-order valence-corrected chi connectivity index (χ2v) is 3.61. The van der Waals surface area contributed by atoms with Gasteiger partial charge in [0.1, 0.15) is 0 Å². The van der Waals surface area contributed by atoms with Crippen LogP contribution in [0.2, 0.25) is 0 Å². The van der Waals surface area contributed by atoms with E-state index in [1.165, 1.54) is 5.56 Å². The molecule has 2 rings (SSSR count). The Kier molecular flexibility index (Phi) is 2.68. The highest BCUT2D eigenvalue weighted by Crippen LogP contribution is 2.20. The predicted octanol–water partition coefficient (Wildman–Crippen LogP) is 3.74. The van der Waals surface area contributed by atoms with E-state index in [-0.39, 0.29) is 0 Å². The normalized spacial score (nSPS) is 9.93. The van der Waals surface area contributed by atoms with Crippen molar-refractivity contribution in [3.8, 4) is 0 Å². The summed E-state index contributed by atoms with van der Waals surface area (Å²) in [6.07, 6.45) is 0. The highest BCUT2D eigenvalue weighted by atomic mass is 14.0. The molecular formula is C15H12. The molecule has 0 saturated carbocycles. The number of aryl methyl sites for hydroxylation is 1. The molecule has 0 aromatic heterocycles. The van der Waals surface area contributed by atoms with Crippen molar-refractivity contribution in [3.63, 3.8) is 0 Å². The molecule has 0 aliphatic heterocycles. The fourth-order valence-electron chi connectivity index (χ4n) is 1.49. The maximum atomic E-state index is 8.04. The number of benzene rings is 2. The number of hydrogen-bond acceptors (Lipinski definition) is 0. The highest BCUT2D eigenvalue weighted by molar-refractivity contribution is 5.76. The van der Waals surface area contributed by atoms with Gasteiger partial charge in [0.05, 0.1) is 0 Å². The standard InChI is InChI=1S/C15H12/c1-12-8-10-15(11-9-12)13(2)14-6-4-3-5-7-14/h3-11H,1H3. The van der Waals surface area contributed by atoms with Crippen LogP contribution in [-0.2, 0) is 0 Å². The zero-order chi connectivity index (χ0) is 10.7. The Morgan fingerprint density at radius 1 is 0.800 bits per heavy atom. The zero-order valence-corrected chi connectivity index (χ0v) is 8.70. The molecule has 0 bridgehead atoms. The molecular weight excluding hydrogens is 180 g/mol. The van der Waals surface area contributed by atoms with Crippen LogP contribution in [0, 0.1) is 13.5 Å². The van der Waals surface area contributed by atoms with E-state index in [1.807, 2.05) is 54.6 Å². The minimum Gasteiger partial charge on any atom is -0.0622 e. The van der Waals surface area contributed by atoms with Gasteiger partial charge in [-0.2, -0.15) is 0 Å². The quantitative estimate of drug-likeness (QED) is 0.680. The van der Waals surface area contributed by atoms with Crippen LogP contribution in [0.15, 0.2) is 54.6 Å². The summed E-state index contributed by atoms with van der Waals surface area (Å²) in [7, 11) is 0. The first-order valence-electron chi connectivity index (χ1n) is 4.98. The average molecular weight is 192 g/mol. The van der Waals surface area contributed by atoms with Gasteiger partial charge < -0.3 is 0 Å². The van der Waals surface area contributed by atoms with Gasteiger partial charge in [0.2, 0.25) is 0 Å². The van der Waals surface area contributed by atoms with Crippen LogP contribution in [0.1, 0.15) is 16.7 Å².